The number of aryl methyl sites for hydroxylation is 1. The van der Waals surface area contributed by atoms with E-state index in [2.05, 4.69) is 9.97 Å². The van der Waals surface area contributed by atoms with Crippen LogP contribution in [0.5, 0.6) is 5.75 Å². The zero-order valence-corrected chi connectivity index (χ0v) is 13.0. The van der Waals surface area contributed by atoms with Crippen LogP contribution in [0.15, 0.2) is 45.9 Å². The van der Waals surface area contributed by atoms with Gasteiger partial charge < -0.3 is 19.0 Å². The third kappa shape index (κ3) is 2.64. The molecule has 0 atom stereocenters. The molecule has 122 valence electrons. The van der Waals surface area contributed by atoms with Gasteiger partial charge in [0.15, 0.2) is 0 Å². The summed E-state index contributed by atoms with van der Waals surface area (Å²) in [5.41, 5.74) is 1.84. The van der Waals surface area contributed by atoms with E-state index in [4.69, 9.17) is 9.15 Å². The molecular weight excluding hydrogens is 310 g/mol. The molecule has 4 rings (SSSR count). The predicted octanol–water partition coefficient (Wildman–Crippen LogP) is 1.73. The number of amides is 1. The number of nitrogens with zero attached hydrogens (tertiary/aromatic N) is 2. The summed E-state index contributed by atoms with van der Waals surface area (Å²) in [6.07, 6.45) is 1.48. The van der Waals surface area contributed by atoms with Crippen molar-refractivity contribution < 1.29 is 13.9 Å². The monoisotopic (exact) mass is 325 g/mol. The van der Waals surface area contributed by atoms with Crippen LogP contribution >= 0.6 is 0 Å². The van der Waals surface area contributed by atoms with Crippen molar-refractivity contribution in [2.75, 3.05) is 13.1 Å². The molecule has 1 aliphatic heterocycles. The Balaban J connectivity index is 1.41. The fourth-order valence-corrected chi connectivity index (χ4v) is 2.77. The summed E-state index contributed by atoms with van der Waals surface area (Å²) < 4.78 is 10.6. The molecule has 0 spiro atoms. The maximum atomic E-state index is 12.5. The minimum atomic E-state index is -0.440. The molecule has 0 aliphatic carbocycles. The van der Waals surface area contributed by atoms with E-state index in [9.17, 15) is 9.59 Å². The topological polar surface area (TPSA) is 88.4 Å². The lowest BCUT2D eigenvalue weighted by Crippen LogP contribution is -2.56. The van der Waals surface area contributed by atoms with Gasteiger partial charge >= 0.3 is 5.63 Å². The van der Waals surface area contributed by atoms with Crippen molar-refractivity contribution in [1.29, 1.82) is 0 Å². The lowest BCUT2D eigenvalue weighted by Gasteiger charge is -2.38. The Kier molecular flexibility index (Phi) is 3.34. The first kappa shape index (κ1) is 14.5. The number of ether oxygens (including phenoxy) is 1. The minimum Gasteiger partial charge on any atom is -0.486 e. The normalized spacial score (nSPS) is 14.6. The van der Waals surface area contributed by atoms with Crippen molar-refractivity contribution in [2.24, 2.45) is 0 Å². The highest BCUT2D eigenvalue weighted by Gasteiger charge is 2.33. The van der Waals surface area contributed by atoms with Crippen molar-refractivity contribution in [3.63, 3.8) is 0 Å². The molecule has 3 heterocycles. The number of carbonyl (C=O) groups excluding carboxylic acids is 1. The van der Waals surface area contributed by atoms with Gasteiger partial charge in [-0.05, 0) is 25.1 Å². The lowest BCUT2D eigenvalue weighted by molar-refractivity contribution is 0.0175. The molecule has 1 amide bonds. The van der Waals surface area contributed by atoms with Crippen LogP contribution in [0.25, 0.3) is 11.0 Å². The van der Waals surface area contributed by atoms with Gasteiger partial charge in [0, 0.05) is 11.6 Å². The SMILES string of the molecule is Cc1cc(OC2CN(C(=O)c3ccc4nc[nH]c4c3)C2)cc(=O)o1. The van der Waals surface area contributed by atoms with E-state index in [0.717, 1.165) is 11.0 Å². The molecule has 2 aromatic heterocycles. The number of H-pyrrole nitrogens is 1. The molecule has 7 heteroatoms. The number of benzene rings is 1. The Labute approximate surface area is 136 Å². The first-order chi connectivity index (χ1) is 11.6. The number of aromatic nitrogens is 2. The second-order valence-corrected chi connectivity index (χ2v) is 5.81. The zero-order valence-electron chi connectivity index (χ0n) is 13.0. The molecule has 0 unspecified atom stereocenters. The molecule has 1 aliphatic rings. The number of carbonyl (C=O) groups is 1. The number of rotatable bonds is 3. The molecule has 0 saturated carbocycles. The molecule has 0 bridgehead atoms. The van der Waals surface area contributed by atoms with Crippen LogP contribution in [0.3, 0.4) is 0 Å². The molecule has 1 N–H and O–H groups in total. The van der Waals surface area contributed by atoms with E-state index in [1.54, 1.807) is 36.4 Å². The molecule has 0 radical (unpaired) electrons. The van der Waals surface area contributed by atoms with Gasteiger partial charge in [-0.15, -0.1) is 0 Å². The summed E-state index contributed by atoms with van der Waals surface area (Å²) in [6.45, 7) is 2.66. The van der Waals surface area contributed by atoms with E-state index < -0.39 is 5.63 Å². The first-order valence-electron chi connectivity index (χ1n) is 7.59. The first-order valence-corrected chi connectivity index (χ1v) is 7.59. The number of nitrogens with one attached hydrogen (secondary N) is 1. The second kappa shape index (κ2) is 5.52. The van der Waals surface area contributed by atoms with Gasteiger partial charge in [0.25, 0.3) is 5.91 Å². The summed E-state index contributed by atoms with van der Waals surface area (Å²) in [6, 6.07) is 8.36. The molecule has 1 aromatic carbocycles. The average Bonchev–Trinajstić information content (AvgIpc) is 2.96. The average molecular weight is 325 g/mol. The van der Waals surface area contributed by atoms with E-state index in [1.165, 1.54) is 6.07 Å². The number of fused-ring (bicyclic) bond motifs is 1. The molecule has 3 aromatic rings. The maximum absolute atomic E-state index is 12.5. The fourth-order valence-electron chi connectivity index (χ4n) is 2.77. The Morgan fingerprint density at radius 3 is 2.96 bits per heavy atom. The van der Waals surface area contributed by atoms with Gasteiger partial charge in [-0.2, -0.15) is 0 Å². The van der Waals surface area contributed by atoms with Crippen LogP contribution in [-0.2, 0) is 0 Å². The van der Waals surface area contributed by atoms with Crippen LogP contribution in [-0.4, -0.2) is 40.0 Å². The minimum absolute atomic E-state index is 0.0462. The highest BCUT2D eigenvalue weighted by molar-refractivity contribution is 5.97. The van der Waals surface area contributed by atoms with Gasteiger partial charge in [-0.3, -0.25) is 4.79 Å². The van der Waals surface area contributed by atoms with E-state index >= 15 is 0 Å². The molecule has 7 nitrogen and oxygen atoms in total. The van der Waals surface area contributed by atoms with Gasteiger partial charge in [-0.25, -0.2) is 9.78 Å². The van der Waals surface area contributed by atoms with E-state index in [0.29, 0.717) is 30.2 Å². The van der Waals surface area contributed by atoms with Crippen LogP contribution in [0.1, 0.15) is 16.1 Å². The maximum Gasteiger partial charge on any atom is 0.339 e. The van der Waals surface area contributed by atoms with Crippen molar-refractivity contribution >= 4 is 16.9 Å². The van der Waals surface area contributed by atoms with Crippen molar-refractivity contribution in [3.05, 3.63) is 58.4 Å². The van der Waals surface area contributed by atoms with E-state index in [1.807, 2.05) is 6.07 Å². The number of hydrogen-bond donors (Lipinski definition) is 1. The molecular formula is C17H15N3O4. The third-order valence-electron chi connectivity index (χ3n) is 3.97. The number of aromatic amines is 1. The third-order valence-corrected chi connectivity index (χ3v) is 3.97. The molecule has 24 heavy (non-hydrogen) atoms. The lowest BCUT2D eigenvalue weighted by atomic mass is 10.1. The summed E-state index contributed by atoms with van der Waals surface area (Å²) >= 11 is 0. The quantitative estimate of drug-likeness (QED) is 0.792. The highest BCUT2D eigenvalue weighted by atomic mass is 16.5. The zero-order chi connectivity index (χ0) is 16.7. The summed E-state index contributed by atoms with van der Waals surface area (Å²) in [5, 5.41) is 0. The van der Waals surface area contributed by atoms with Gasteiger partial charge in [0.05, 0.1) is 36.5 Å². The largest absolute Gasteiger partial charge is 0.486 e. The Hall–Kier alpha value is -3.09. The summed E-state index contributed by atoms with van der Waals surface area (Å²) in [5.74, 6) is 0.924. The molecule has 1 saturated heterocycles. The predicted molar refractivity (Wildman–Crippen MR) is 86.1 cm³/mol. The van der Waals surface area contributed by atoms with Crippen molar-refractivity contribution in [3.8, 4) is 5.75 Å². The smallest absolute Gasteiger partial charge is 0.339 e. The summed E-state index contributed by atoms with van der Waals surface area (Å²) in [7, 11) is 0. The molecule has 1 fully saturated rings. The Morgan fingerprint density at radius 1 is 1.33 bits per heavy atom. The van der Waals surface area contributed by atoms with Gasteiger partial charge in [0.1, 0.15) is 17.6 Å². The Bertz CT molecular complexity index is 969. The van der Waals surface area contributed by atoms with Gasteiger partial charge in [0.2, 0.25) is 0 Å². The number of imidazole rings is 1. The fraction of sp³-hybridized carbons (Fsp3) is 0.235. The highest BCUT2D eigenvalue weighted by Crippen LogP contribution is 2.21. The summed E-state index contributed by atoms with van der Waals surface area (Å²) in [4.78, 5) is 32.6. The standard InChI is InChI=1S/C17H15N3O4/c1-10-4-12(6-16(21)23-10)24-13-7-20(8-13)17(22)11-2-3-14-15(5-11)19-9-18-14/h2-6,9,13H,7-8H2,1H3,(H,18,19). The number of likely N-dealkylation sites (tertiary alicyclic amines) is 1. The van der Waals surface area contributed by atoms with Crippen molar-refractivity contribution in [2.45, 2.75) is 13.0 Å². The van der Waals surface area contributed by atoms with E-state index in [-0.39, 0.29) is 12.0 Å². The number of hydrogen-bond acceptors (Lipinski definition) is 5. The van der Waals surface area contributed by atoms with Crippen LogP contribution in [0, 0.1) is 6.92 Å². The van der Waals surface area contributed by atoms with Gasteiger partial charge in [-0.1, -0.05) is 0 Å². The Morgan fingerprint density at radius 2 is 2.17 bits per heavy atom. The van der Waals surface area contributed by atoms with Crippen molar-refractivity contribution in [1.82, 2.24) is 14.9 Å². The second-order valence-electron chi connectivity index (χ2n) is 5.81. The van der Waals surface area contributed by atoms with Crippen LogP contribution in [0.2, 0.25) is 0 Å². The van der Waals surface area contributed by atoms with Crippen LogP contribution in [0.4, 0.5) is 0 Å². The van der Waals surface area contributed by atoms with Crippen LogP contribution < -0.4 is 10.4 Å².